The van der Waals surface area contributed by atoms with Crippen LogP contribution in [0.25, 0.3) is 0 Å². The van der Waals surface area contributed by atoms with Crippen LogP contribution in [0.2, 0.25) is 0 Å². The van der Waals surface area contributed by atoms with Gasteiger partial charge >= 0.3 is 0 Å². The van der Waals surface area contributed by atoms with E-state index in [0.717, 1.165) is 25.0 Å². The first kappa shape index (κ1) is 7.34. The monoisotopic (exact) mass is 168 g/mol. The SMILES string of the molecule is CC1CC2CC1CC21OCCO1. The molecule has 12 heavy (non-hydrogen) atoms. The van der Waals surface area contributed by atoms with E-state index < -0.39 is 0 Å². The van der Waals surface area contributed by atoms with Crippen LogP contribution in [0.3, 0.4) is 0 Å². The van der Waals surface area contributed by atoms with Gasteiger partial charge < -0.3 is 9.47 Å². The highest BCUT2D eigenvalue weighted by atomic mass is 16.7. The number of hydrogen-bond acceptors (Lipinski definition) is 2. The Morgan fingerprint density at radius 2 is 1.92 bits per heavy atom. The summed E-state index contributed by atoms with van der Waals surface area (Å²) >= 11 is 0. The summed E-state index contributed by atoms with van der Waals surface area (Å²) in [6.45, 7) is 4.00. The molecule has 0 aromatic carbocycles. The Labute approximate surface area is 73.2 Å². The number of rotatable bonds is 0. The molecule has 0 aromatic rings. The topological polar surface area (TPSA) is 18.5 Å². The summed E-state index contributed by atoms with van der Waals surface area (Å²) in [7, 11) is 0. The molecule has 0 amide bonds. The summed E-state index contributed by atoms with van der Waals surface area (Å²) in [5.41, 5.74) is 0. The Hall–Kier alpha value is -0.0800. The molecule has 3 unspecified atom stereocenters. The van der Waals surface area contributed by atoms with E-state index in [0.29, 0.717) is 5.92 Å². The molecule has 2 heteroatoms. The molecule has 1 spiro atoms. The van der Waals surface area contributed by atoms with Crippen molar-refractivity contribution in [3.8, 4) is 0 Å². The van der Waals surface area contributed by atoms with E-state index in [-0.39, 0.29) is 5.79 Å². The molecule has 3 atom stereocenters. The number of ether oxygens (including phenoxy) is 2. The first-order valence-electron chi connectivity index (χ1n) is 5.08. The molecule has 2 aliphatic carbocycles. The van der Waals surface area contributed by atoms with Crippen LogP contribution in [0, 0.1) is 17.8 Å². The fourth-order valence-electron chi connectivity index (χ4n) is 3.34. The van der Waals surface area contributed by atoms with Gasteiger partial charge in [-0.15, -0.1) is 0 Å². The summed E-state index contributed by atoms with van der Waals surface area (Å²) in [5, 5.41) is 0. The molecule has 3 fully saturated rings. The van der Waals surface area contributed by atoms with Crippen LogP contribution < -0.4 is 0 Å². The van der Waals surface area contributed by atoms with E-state index in [4.69, 9.17) is 9.47 Å². The zero-order valence-corrected chi connectivity index (χ0v) is 7.58. The molecule has 1 saturated heterocycles. The van der Waals surface area contributed by atoms with Gasteiger partial charge in [-0.05, 0) is 24.7 Å². The summed E-state index contributed by atoms with van der Waals surface area (Å²) in [5.74, 6) is 2.39. The minimum absolute atomic E-state index is 0.114. The highest BCUT2D eigenvalue weighted by molar-refractivity contribution is 5.00. The Balaban J connectivity index is 1.85. The highest BCUT2D eigenvalue weighted by Crippen LogP contribution is 2.56. The van der Waals surface area contributed by atoms with Gasteiger partial charge in [-0.3, -0.25) is 0 Å². The molecule has 0 radical (unpaired) electrons. The zero-order valence-electron chi connectivity index (χ0n) is 7.58. The predicted molar refractivity (Wildman–Crippen MR) is 44.6 cm³/mol. The first-order valence-corrected chi connectivity index (χ1v) is 5.08. The molecular weight excluding hydrogens is 152 g/mol. The average molecular weight is 168 g/mol. The maximum atomic E-state index is 5.76. The number of fused-ring (bicyclic) bond motifs is 3. The van der Waals surface area contributed by atoms with Crippen LogP contribution in [0.15, 0.2) is 0 Å². The van der Waals surface area contributed by atoms with Gasteiger partial charge in [0.15, 0.2) is 5.79 Å². The third kappa shape index (κ3) is 0.775. The maximum absolute atomic E-state index is 5.76. The smallest absolute Gasteiger partial charge is 0.171 e. The van der Waals surface area contributed by atoms with Crippen molar-refractivity contribution in [2.75, 3.05) is 13.2 Å². The van der Waals surface area contributed by atoms with Crippen molar-refractivity contribution in [2.45, 2.75) is 32.0 Å². The van der Waals surface area contributed by atoms with Crippen LogP contribution in [0.5, 0.6) is 0 Å². The summed E-state index contributed by atoms with van der Waals surface area (Å²) in [6, 6.07) is 0. The molecule has 3 rings (SSSR count). The second-order valence-corrected chi connectivity index (χ2v) is 4.62. The summed E-state index contributed by atoms with van der Waals surface area (Å²) in [6.07, 6.45) is 3.84. The van der Waals surface area contributed by atoms with Crippen LogP contribution in [0.4, 0.5) is 0 Å². The van der Waals surface area contributed by atoms with Crippen molar-refractivity contribution in [1.82, 2.24) is 0 Å². The molecule has 0 aromatic heterocycles. The minimum Gasteiger partial charge on any atom is -0.347 e. The minimum atomic E-state index is -0.114. The van der Waals surface area contributed by atoms with Crippen LogP contribution in [-0.2, 0) is 9.47 Å². The first-order chi connectivity index (χ1) is 5.80. The molecule has 2 bridgehead atoms. The Morgan fingerprint density at radius 3 is 2.42 bits per heavy atom. The lowest BCUT2D eigenvalue weighted by molar-refractivity contribution is -0.194. The van der Waals surface area contributed by atoms with Gasteiger partial charge in [0.05, 0.1) is 13.2 Å². The van der Waals surface area contributed by atoms with Crippen LogP contribution in [0.1, 0.15) is 26.2 Å². The van der Waals surface area contributed by atoms with Crippen molar-refractivity contribution >= 4 is 0 Å². The van der Waals surface area contributed by atoms with Crippen molar-refractivity contribution in [2.24, 2.45) is 17.8 Å². The maximum Gasteiger partial charge on any atom is 0.171 e. The van der Waals surface area contributed by atoms with E-state index in [2.05, 4.69) is 6.92 Å². The Morgan fingerprint density at radius 1 is 1.17 bits per heavy atom. The van der Waals surface area contributed by atoms with E-state index in [1.165, 1.54) is 19.3 Å². The second kappa shape index (κ2) is 2.24. The molecule has 0 N–H and O–H groups in total. The third-order valence-corrected chi connectivity index (χ3v) is 3.99. The molecule has 2 saturated carbocycles. The van der Waals surface area contributed by atoms with Gasteiger partial charge in [-0.25, -0.2) is 0 Å². The second-order valence-electron chi connectivity index (χ2n) is 4.62. The lowest BCUT2D eigenvalue weighted by Crippen LogP contribution is -2.37. The van der Waals surface area contributed by atoms with Crippen molar-refractivity contribution in [1.29, 1.82) is 0 Å². The summed E-state index contributed by atoms with van der Waals surface area (Å²) < 4.78 is 11.5. The predicted octanol–water partition coefficient (Wildman–Crippen LogP) is 1.80. The van der Waals surface area contributed by atoms with Crippen LogP contribution >= 0.6 is 0 Å². The zero-order chi connectivity index (χ0) is 8.18. The fraction of sp³-hybridized carbons (Fsp3) is 1.00. The van der Waals surface area contributed by atoms with Gasteiger partial charge in [-0.2, -0.15) is 0 Å². The lowest BCUT2D eigenvalue weighted by Gasteiger charge is -2.33. The Kier molecular flexibility index (Phi) is 1.37. The Bertz CT molecular complexity index is 194. The van der Waals surface area contributed by atoms with Gasteiger partial charge in [0, 0.05) is 12.3 Å². The third-order valence-electron chi connectivity index (χ3n) is 3.99. The van der Waals surface area contributed by atoms with Crippen molar-refractivity contribution in [3.63, 3.8) is 0 Å². The molecule has 3 aliphatic rings. The van der Waals surface area contributed by atoms with Crippen LogP contribution in [-0.4, -0.2) is 19.0 Å². The molecule has 68 valence electrons. The molecule has 1 aliphatic heterocycles. The van der Waals surface area contributed by atoms with E-state index in [1.807, 2.05) is 0 Å². The van der Waals surface area contributed by atoms with Gasteiger partial charge in [0.25, 0.3) is 0 Å². The van der Waals surface area contributed by atoms with E-state index >= 15 is 0 Å². The van der Waals surface area contributed by atoms with E-state index in [1.54, 1.807) is 0 Å². The fourth-order valence-corrected chi connectivity index (χ4v) is 3.34. The normalized spacial score (nSPS) is 49.2. The van der Waals surface area contributed by atoms with E-state index in [9.17, 15) is 0 Å². The molecular formula is C10H16O2. The number of hydrogen-bond donors (Lipinski definition) is 0. The highest BCUT2D eigenvalue weighted by Gasteiger charge is 2.57. The average Bonchev–Trinajstić information content (AvgIpc) is 2.68. The molecule has 2 nitrogen and oxygen atoms in total. The van der Waals surface area contributed by atoms with Crippen molar-refractivity contribution in [3.05, 3.63) is 0 Å². The van der Waals surface area contributed by atoms with Crippen molar-refractivity contribution < 1.29 is 9.47 Å². The summed E-state index contributed by atoms with van der Waals surface area (Å²) in [4.78, 5) is 0. The lowest BCUT2D eigenvalue weighted by atomic mass is 9.86. The van der Waals surface area contributed by atoms with Gasteiger partial charge in [0.1, 0.15) is 0 Å². The van der Waals surface area contributed by atoms with Gasteiger partial charge in [0.2, 0.25) is 0 Å². The van der Waals surface area contributed by atoms with Gasteiger partial charge in [-0.1, -0.05) is 6.92 Å². The largest absolute Gasteiger partial charge is 0.347 e. The standard InChI is InChI=1S/C10H16O2/c1-7-4-9-5-8(7)6-10(9)11-2-3-12-10/h7-9H,2-6H2,1H3. The molecule has 1 heterocycles. The quantitative estimate of drug-likeness (QED) is 0.549.